The van der Waals surface area contributed by atoms with Gasteiger partial charge in [0, 0.05) is 55.2 Å². The minimum Gasteiger partial charge on any atom is -0.497 e. The topological polar surface area (TPSA) is 82.9 Å². The highest BCUT2D eigenvalue weighted by Crippen LogP contribution is 2.41. The van der Waals surface area contributed by atoms with Crippen LogP contribution in [0.25, 0.3) is 0 Å². The maximum Gasteiger partial charge on any atom is 0.435 e. The Morgan fingerprint density at radius 3 is 2.35 bits per heavy atom. The number of anilines is 1. The SMILES string of the molecule is COc1ccc(N(C)C(=O)C(CC(=O)Cn2nc(C(F)(F)F)c3c2CCC2(C3)OCCO2)Cc2cc(F)cc(F)c2)cc1. The number of methoxy groups -OCH3 is 1. The molecule has 0 N–H and O–H groups in total. The predicted octanol–water partition coefficient (Wildman–Crippen LogP) is 4.90. The van der Waals surface area contributed by atoms with E-state index < -0.39 is 59.9 Å². The van der Waals surface area contributed by atoms with E-state index in [0.29, 0.717) is 23.9 Å². The average Bonchev–Trinajstić information content (AvgIpc) is 3.55. The molecule has 1 aliphatic carbocycles. The molecule has 1 aliphatic heterocycles. The number of rotatable bonds is 9. The van der Waals surface area contributed by atoms with Gasteiger partial charge in [-0.25, -0.2) is 8.78 Å². The number of amides is 1. The van der Waals surface area contributed by atoms with Crippen LogP contribution in [-0.2, 0) is 51.0 Å². The molecule has 1 unspecified atom stereocenters. The number of hydrogen-bond donors (Lipinski definition) is 0. The second-order valence-corrected chi connectivity index (χ2v) is 10.7. The summed E-state index contributed by atoms with van der Waals surface area (Å²) in [5.74, 6) is -4.42. The smallest absolute Gasteiger partial charge is 0.435 e. The van der Waals surface area contributed by atoms with Gasteiger partial charge < -0.3 is 19.1 Å². The van der Waals surface area contributed by atoms with Crippen molar-refractivity contribution in [1.82, 2.24) is 9.78 Å². The van der Waals surface area contributed by atoms with Gasteiger partial charge in [0.2, 0.25) is 5.91 Å². The minimum absolute atomic E-state index is 0.0736. The van der Waals surface area contributed by atoms with E-state index in [1.165, 1.54) is 19.1 Å². The van der Waals surface area contributed by atoms with E-state index in [-0.39, 0.29) is 49.3 Å². The maximum absolute atomic E-state index is 14.0. The standard InChI is InChI=1S/C30H30F5N3O5/c1-37(22-3-5-24(41-2)6-4-22)28(40)19(11-18-12-20(31)15-21(32)13-18)14-23(39)17-38-26-7-8-29(42-9-10-43-29)16-25(26)27(36-38)30(33,34)35/h3-6,12-13,15,19H,7-11,14,16-17H2,1-2H3. The molecule has 2 aromatic carbocycles. The zero-order valence-electron chi connectivity index (χ0n) is 23.5. The van der Waals surface area contributed by atoms with Crippen molar-refractivity contribution >= 4 is 17.4 Å². The summed E-state index contributed by atoms with van der Waals surface area (Å²) in [5.41, 5.74) is -0.277. The number of ether oxygens (including phenoxy) is 3. The third-order valence-electron chi connectivity index (χ3n) is 7.78. The fraction of sp³-hybridized carbons (Fsp3) is 0.433. The molecule has 0 saturated carbocycles. The molecular weight excluding hydrogens is 577 g/mol. The molecular formula is C30H30F5N3O5. The Morgan fingerprint density at radius 1 is 1.09 bits per heavy atom. The van der Waals surface area contributed by atoms with Gasteiger partial charge in [-0.15, -0.1) is 0 Å². The number of ketones is 1. The lowest BCUT2D eigenvalue weighted by Gasteiger charge is -2.32. The van der Waals surface area contributed by atoms with E-state index in [1.807, 2.05) is 0 Å². The average molecular weight is 608 g/mol. The maximum atomic E-state index is 14.0. The van der Waals surface area contributed by atoms with E-state index in [9.17, 15) is 31.5 Å². The number of fused-ring (bicyclic) bond motifs is 1. The lowest BCUT2D eigenvalue weighted by atomic mass is 9.90. The minimum atomic E-state index is -4.77. The molecule has 1 spiro atoms. The van der Waals surface area contributed by atoms with Gasteiger partial charge in [-0.1, -0.05) is 0 Å². The van der Waals surface area contributed by atoms with E-state index >= 15 is 0 Å². The van der Waals surface area contributed by atoms with Crippen molar-refractivity contribution in [3.63, 3.8) is 0 Å². The second kappa shape index (κ2) is 12.0. The van der Waals surface area contributed by atoms with Crippen LogP contribution in [0.5, 0.6) is 5.75 Å². The summed E-state index contributed by atoms with van der Waals surface area (Å²) in [5, 5.41) is 3.77. The van der Waals surface area contributed by atoms with E-state index in [0.717, 1.165) is 16.8 Å². The molecule has 8 nitrogen and oxygen atoms in total. The van der Waals surface area contributed by atoms with Gasteiger partial charge in [-0.3, -0.25) is 14.3 Å². The molecule has 230 valence electrons. The number of Topliss-reactive ketones (excluding diaryl/α,β-unsaturated/α-hetero) is 1. The normalized spacial score (nSPS) is 16.6. The summed E-state index contributed by atoms with van der Waals surface area (Å²) in [6, 6.07) is 9.40. The first-order valence-electron chi connectivity index (χ1n) is 13.7. The lowest BCUT2D eigenvalue weighted by Crippen LogP contribution is -2.38. The second-order valence-electron chi connectivity index (χ2n) is 10.7. The Balaban J connectivity index is 1.40. The first-order valence-corrected chi connectivity index (χ1v) is 13.7. The fourth-order valence-electron chi connectivity index (χ4n) is 5.74. The third-order valence-corrected chi connectivity index (χ3v) is 7.78. The van der Waals surface area contributed by atoms with Crippen LogP contribution >= 0.6 is 0 Å². The Kier molecular flexibility index (Phi) is 8.57. The summed E-state index contributed by atoms with van der Waals surface area (Å²) < 4.78 is 87.2. The summed E-state index contributed by atoms with van der Waals surface area (Å²) in [7, 11) is 2.99. The first-order chi connectivity index (χ1) is 20.4. The van der Waals surface area contributed by atoms with Crippen LogP contribution in [0.2, 0.25) is 0 Å². The van der Waals surface area contributed by atoms with Crippen molar-refractivity contribution < 1.29 is 45.8 Å². The predicted molar refractivity (Wildman–Crippen MR) is 143 cm³/mol. The van der Waals surface area contributed by atoms with Crippen molar-refractivity contribution in [3.8, 4) is 5.75 Å². The van der Waals surface area contributed by atoms with Gasteiger partial charge >= 0.3 is 6.18 Å². The Hall–Kier alpha value is -3.84. The third kappa shape index (κ3) is 6.72. The molecule has 1 saturated heterocycles. The number of carbonyl (C=O) groups excluding carboxylic acids is 2. The summed E-state index contributed by atoms with van der Waals surface area (Å²) >= 11 is 0. The highest BCUT2D eigenvalue weighted by atomic mass is 19.4. The van der Waals surface area contributed by atoms with Gasteiger partial charge in [0.05, 0.1) is 26.9 Å². The quantitative estimate of drug-likeness (QED) is 0.322. The highest BCUT2D eigenvalue weighted by molar-refractivity contribution is 5.97. The van der Waals surface area contributed by atoms with Gasteiger partial charge in [0.1, 0.15) is 17.4 Å². The highest BCUT2D eigenvalue weighted by Gasteiger charge is 2.47. The molecule has 1 amide bonds. The molecule has 0 radical (unpaired) electrons. The molecule has 2 heterocycles. The number of hydrogen-bond acceptors (Lipinski definition) is 6. The van der Waals surface area contributed by atoms with E-state index in [1.54, 1.807) is 24.3 Å². The van der Waals surface area contributed by atoms with Crippen LogP contribution < -0.4 is 9.64 Å². The number of carbonyl (C=O) groups is 2. The first kappa shape index (κ1) is 30.6. The number of alkyl halides is 3. The van der Waals surface area contributed by atoms with Gasteiger partial charge in [-0.05, 0) is 54.8 Å². The van der Waals surface area contributed by atoms with Crippen LogP contribution in [-0.4, -0.2) is 54.6 Å². The zero-order valence-corrected chi connectivity index (χ0v) is 23.5. The van der Waals surface area contributed by atoms with Gasteiger partial charge in [0.15, 0.2) is 17.3 Å². The van der Waals surface area contributed by atoms with Crippen LogP contribution in [0, 0.1) is 17.6 Å². The molecule has 1 atom stereocenters. The Bertz CT molecular complexity index is 1480. The molecule has 3 aromatic rings. The number of nitrogens with zero attached hydrogens (tertiary/aromatic N) is 3. The molecule has 5 rings (SSSR count). The van der Waals surface area contributed by atoms with Crippen molar-refractivity contribution in [2.24, 2.45) is 5.92 Å². The Morgan fingerprint density at radius 2 is 1.74 bits per heavy atom. The molecule has 0 bridgehead atoms. The zero-order chi connectivity index (χ0) is 30.9. The fourth-order valence-corrected chi connectivity index (χ4v) is 5.74. The Labute approximate surface area is 244 Å². The van der Waals surface area contributed by atoms with E-state index in [2.05, 4.69) is 5.10 Å². The number of aromatic nitrogens is 2. The van der Waals surface area contributed by atoms with Crippen molar-refractivity contribution in [3.05, 3.63) is 76.6 Å². The van der Waals surface area contributed by atoms with E-state index in [4.69, 9.17) is 14.2 Å². The molecule has 13 heteroatoms. The molecule has 2 aliphatic rings. The van der Waals surface area contributed by atoms with Crippen LogP contribution in [0.3, 0.4) is 0 Å². The summed E-state index contributed by atoms with van der Waals surface area (Å²) in [4.78, 5) is 28.3. The summed E-state index contributed by atoms with van der Waals surface area (Å²) in [6.07, 6.45) is -5.04. The monoisotopic (exact) mass is 607 g/mol. The van der Waals surface area contributed by atoms with Crippen LogP contribution in [0.1, 0.15) is 35.4 Å². The lowest BCUT2D eigenvalue weighted by molar-refractivity contribution is -0.167. The van der Waals surface area contributed by atoms with Crippen LogP contribution in [0.4, 0.5) is 27.6 Å². The molecule has 43 heavy (non-hydrogen) atoms. The van der Waals surface area contributed by atoms with Crippen molar-refractivity contribution in [1.29, 1.82) is 0 Å². The van der Waals surface area contributed by atoms with Gasteiger partial charge in [0.25, 0.3) is 0 Å². The van der Waals surface area contributed by atoms with Crippen molar-refractivity contribution in [2.75, 3.05) is 32.3 Å². The van der Waals surface area contributed by atoms with Crippen molar-refractivity contribution in [2.45, 2.75) is 50.6 Å². The largest absolute Gasteiger partial charge is 0.497 e. The molecule has 1 fully saturated rings. The number of benzene rings is 2. The number of halogens is 5. The van der Waals surface area contributed by atoms with Gasteiger partial charge in [-0.2, -0.15) is 18.3 Å². The van der Waals surface area contributed by atoms with Crippen LogP contribution in [0.15, 0.2) is 42.5 Å². The molecule has 1 aromatic heterocycles. The summed E-state index contributed by atoms with van der Waals surface area (Å²) in [6.45, 7) is 0.0402.